The highest BCUT2D eigenvalue weighted by atomic mass is 16.5. The van der Waals surface area contributed by atoms with Crippen LogP contribution >= 0.6 is 0 Å². The summed E-state index contributed by atoms with van der Waals surface area (Å²) in [5.41, 5.74) is 4.67. The molecule has 0 bridgehead atoms. The summed E-state index contributed by atoms with van der Waals surface area (Å²) in [7, 11) is 0. The second-order valence-corrected chi connectivity index (χ2v) is 7.33. The second-order valence-electron chi connectivity index (χ2n) is 7.33. The van der Waals surface area contributed by atoms with Crippen LogP contribution in [0.5, 0.6) is 0 Å². The van der Waals surface area contributed by atoms with Crippen LogP contribution in [-0.4, -0.2) is 35.5 Å². The Morgan fingerprint density at radius 2 is 2.09 bits per heavy atom. The average Bonchev–Trinajstić information content (AvgIpc) is 2.85. The van der Waals surface area contributed by atoms with Crippen LogP contribution in [0.1, 0.15) is 48.7 Å². The summed E-state index contributed by atoms with van der Waals surface area (Å²) in [6.07, 6.45) is 3.73. The average molecular weight is 318 g/mol. The van der Waals surface area contributed by atoms with Gasteiger partial charge in [0.05, 0.1) is 0 Å². The third kappa shape index (κ3) is 4.32. The summed E-state index contributed by atoms with van der Waals surface area (Å²) in [6, 6.07) is 5.57. The number of hydroxylamine groups is 1. The van der Waals surface area contributed by atoms with Crippen LogP contribution < -0.4 is 5.48 Å². The zero-order valence-electron chi connectivity index (χ0n) is 14.1. The minimum absolute atomic E-state index is 0.106. The number of hydrogen-bond donors (Lipinski definition) is 2. The number of carbonyl (C=O) groups is 2. The van der Waals surface area contributed by atoms with E-state index in [4.69, 9.17) is 5.21 Å². The number of nitrogens with one attached hydrogen (secondary N) is 1. The molecule has 1 aromatic rings. The molecule has 5 heteroatoms. The maximum absolute atomic E-state index is 11.5. The predicted octanol–water partition coefficient (Wildman–Crippen LogP) is 2.42. The van der Waals surface area contributed by atoms with E-state index >= 15 is 0 Å². The lowest BCUT2D eigenvalue weighted by Gasteiger charge is -2.28. The topological polar surface area (TPSA) is 69.6 Å². The molecule has 0 fully saturated rings. The standard InChI is InChI=1S/C18H26N2O3/c1-13(2)11-20(12-21)7-6-18(3)9-15-5-4-14(17(22)19-23)8-16(15)10-18/h4-5,8,12-13,23H,6-7,9-11H2,1-3H3,(H,19,22)/t18-/m1/s1. The molecule has 0 aromatic heterocycles. The first-order valence-corrected chi connectivity index (χ1v) is 8.12. The maximum atomic E-state index is 11.5. The summed E-state index contributed by atoms with van der Waals surface area (Å²) in [5.74, 6) is -0.0150. The van der Waals surface area contributed by atoms with E-state index in [1.807, 2.05) is 17.0 Å². The molecule has 1 aromatic carbocycles. The van der Waals surface area contributed by atoms with E-state index in [1.165, 1.54) is 5.56 Å². The van der Waals surface area contributed by atoms with Gasteiger partial charge < -0.3 is 4.90 Å². The molecule has 1 aliphatic carbocycles. The van der Waals surface area contributed by atoms with Crippen LogP contribution in [0, 0.1) is 11.3 Å². The van der Waals surface area contributed by atoms with Gasteiger partial charge in [0.25, 0.3) is 5.91 Å². The fraction of sp³-hybridized carbons (Fsp3) is 0.556. The Morgan fingerprint density at radius 1 is 1.39 bits per heavy atom. The highest BCUT2D eigenvalue weighted by molar-refractivity contribution is 5.93. The van der Waals surface area contributed by atoms with Crippen molar-refractivity contribution in [2.45, 2.75) is 40.0 Å². The number of carbonyl (C=O) groups excluding carboxylic acids is 2. The van der Waals surface area contributed by atoms with Crippen molar-refractivity contribution in [3.05, 3.63) is 34.9 Å². The molecule has 126 valence electrons. The number of nitrogens with zero attached hydrogens (tertiary/aromatic N) is 1. The molecular formula is C18H26N2O3. The van der Waals surface area contributed by atoms with Crippen LogP contribution in [0.4, 0.5) is 0 Å². The molecule has 2 rings (SSSR count). The van der Waals surface area contributed by atoms with Gasteiger partial charge in [-0.05, 0) is 53.9 Å². The van der Waals surface area contributed by atoms with Crippen molar-refractivity contribution in [3.8, 4) is 0 Å². The molecule has 1 atom stereocenters. The zero-order valence-corrected chi connectivity index (χ0v) is 14.1. The van der Waals surface area contributed by atoms with Gasteiger partial charge in [-0.2, -0.15) is 0 Å². The number of fused-ring (bicyclic) bond motifs is 1. The highest BCUT2D eigenvalue weighted by Gasteiger charge is 2.33. The van der Waals surface area contributed by atoms with Crippen LogP contribution in [0.2, 0.25) is 0 Å². The Labute approximate surface area is 137 Å². The van der Waals surface area contributed by atoms with Crippen LogP contribution in [0.3, 0.4) is 0 Å². The van der Waals surface area contributed by atoms with Gasteiger partial charge in [0.15, 0.2) is 0 Å². The van der Waals surface area contributed by atoms with E-state index in [-0.39, 0.29) is 5.41 Å². The molecule has 0 aliphatic heterocycles. The highest BCUT2D eigenvalue weighted by Crippen LogP contribution is 2.39. The molecule has 23 heavy (non-hydrogen) atoms. The van der Waals surface area contributed by atoms with Crippen LogP contribution in [-0.2, 0) is 17.6 Å². The summed E-state index contributed by atoms with van der Waals surface area (Å²) in [4.78, 5) is 24.6. The Morgan fingerprint density at radius 3 is 2.70 bits per heavy atom. The lowest BCUT2D eigenvalue weighted by atomic mass is 9.83. The molecule has 0 unspecified atom stereocenters. The van der Waals surface area contributed by atoms with Crippen molar-refractivity contribution in [1.82, 2.24) is 10.4 Å². The first-order chi connectivity index (χ1) is 10.9. The normalized spacial score (nSPS) is 19.5. The van der Waals surface area contributed by atoms with E-state index in [2.05, 4.69) is 20.8 Å². The second kappa shape index (κ2) is 7.13. The largest absolute Gasteiger partial charge is 0.345 e. The number of rotatable bonds is 7. The van der Waals surface area contributed by atoms with Crippen LogP contribution in [0.15, 0.2) is 18.2 Å². The van der Waals surface area contributed by atoms with Gasteiger partial charge in [-0.1, -0.05) is 26.8 Å². The van der Waals surface area contributed by atoms with E-state index in [9.17, 15) is 9.59 Å². The first kappa shape index (κ1) is 17.5. The first-order valence-electron chi connectivity index (χ1n) is 8.12. The van der Waals surface area contributed by atoms with E-state index in [1.54, 1.807) is 11.5 Å². The van der Waals surface area contributed by atoms with Gasteiger partial charge in [0, 0.05) is 18.7 Å². The maximum Gasteiger partial charge on any atom is 0.274 e. The molecule has 0 saturated carbocycles. The number of amides is 2. The van der Waals surface area contributed by atoms with E-state index < -0.39 is 5.91 Å². The monoisotopic (exact) mass is 318 g/mol. The molecule has 0 radical (unpaired) electrons. The lowest BCUT2D eigenvalue weighted by Crippen LogP contribution is -2.31. The Kier molecular flexibility index (Phi) is 5.42. The van der Waals surface area contributed by atoms with Crippen molar-refractivity contribution in [2.24, 2.45) is 11.3 Å². The van der Waals surface area contributed by atoms with Crippen molar-refractivity contribution in [3.63, 3.8) is 0 Å². The molecule has 5 nitrogen and oxygen atoms in total. The number of benzene rings is 1. The van der Waals surface area contributed by atoms with Gasteiger partial charge in [0.1, 0.15) is 0 Å². The summed E-state index contributed by atoms with van der Waals surface area (Å²) in [6.45, 7) is 8.00. The summed E-state index contributed by atoms with van der Waals surface area (Å²) < 4.78 is 0. The molecule has 1 aliphatic rings. The van der Waals surface area contributed by atoms with Gasteiger partial charge in [-0.3, -0.25) is 14.8 Å². The molecule has 0 saturated heterocycles. The van der Waals surface area contributed by atoms with Crippen molar-refractivity contribution in [2.75, 3.05) is 13.1 Å². The molecule has 2 N–H and O–H groups in total. The Hall–Kier alpha value is -1.88. The van der Waals surface area contributed by atoms with E-state index in [0.29, 0.717) is 11.5 Å². The predicted molar refractivity (Wildman–Crippen MR) is 88.3 cm³/mol. The Balaban J connectivity index is 2.02. The summed E-state index contributed by atoms with van der Waals surface area (Å²) >= 11 is 0. The molecule has 0 spiro atoms. The van der Waals surface area contributed by atoms with Crippen molar-refractivity contribution >= 4 is 12.3 Å². The molecule has 2 amide bonds. The van der Waals surface area contributed by atoms with Crippen molar-refractivity contribution in [1.29, 1.82) is 0 Å². The lowest BCUT2D eigenvalue weighted by molar-refractivity contribution is -0.118. The quantitative estimate of drug-likeness (QED) is 0.461. The van der Waals surface area contributed by atoms with Gasteiger partial charge >= 0.3 is 0 Å². The molecule has 0 heterocycles. The fourth-order valence-electron chi connectivity index (χ4n) is 3.40. The van der Waals surface area contributed by atoms with Crippen molar-refractivity contribution < 1.29 is 14.8 Å². The smallest absolute Gasteiger partial charge is 0.274 e. The summed E-state index contributed by atoms with van der Waals surface area (Å²) in [5, 5.41) is 8.75. The van der Waals surface area contributed by atoms with E-state index in [0.717, 1.165) is 44.3 Å². The third-order valence-corrected chi connectivity index (χ3v) is 4.56. The van der Waals surface area contributed by atoms with Crippen LogP contribution in [0.25, 0.3) is 0 Å². The van der Waals surface area contributed by atoms with Gasteiger partial charge in [-0.15, -0.1) is 0 Å². The molecular weight excluding hydrogens is 292 g/mol. The number of hydrogen-bond acceptors (Lipinski definition) is 3. The Bertz CT molecular complexity index is 586. The fourth-order valence-corrected chi connectivity index (χ4v) is 3.40. The zero-order chi connectivity index (χ0) is 17.0. The minimum atomic E-state index is -0.481. The SMILES string of the molecule is CC(C)CN(C=O)CC[C@]1(C)Cc2ccc(C(=O)NO)cc2C1. The van der Waals surface area contributed by atoms with Gasteiger partial charge in [-0.25, -0.2) is 5.48 Å². The minimum Gasteiger partial charge on any atom is -0.345 e. The van der Waals surface area contributed by atoms with Gasteiger partial charge in [0.2, 0.25) is 6.41 Å². The third-order valence-electron chi connectivity index (χ3n) is 4.56.